The monoisotopic (exact) mass is 269 g/mol. The molecule has 100 valence electrons. The topological polar surface area (TPSA) is 38.3 Å². The predicted molar refractivity (Wildman–Crippen MR) is 73.9 cm³/mol. The number of hydrogen-bond acceptors (Lipinski definition) is 3. The fraction of sp³-hybridized carbons (Fsp3) is 0.500. The summed E-state index contributed by atoms with van der Waals surface area (Å²) in [5.74, 6) is -0.160. The van der Waals surface area contributed by atoms with Crippen molar-refractivity contribution in [2.45, 2.75) is 45.4 Å². The van der Waals surface area contributed by atoms with Crippen molar-refractivity contribution < 1.29 is 9.53 Å². The van der Waals surface area contributed by atoms with Crippen LogP contribution in [-0.2, 0) is 22.5 Å². The largest absolute Gasteiger partial charge is 0.459 e. The van der Waals surface area contributed by atoms with Gasteiger partial charge in [-0.1, -0.05) is 24.3 Å². The van der Waals surface area contributed by atoms with Gasteiger partial charge in [-0.15, -0.1) is 12.4 Å². The van der Waals surface area contributed by atoms with Gasteiger partial charge in [0.15, 0.2) is 0 Å². The summed E-state index contributed by atoms with van der Waals surface area (Å²) in [6.07, 6.45) is 0.713. The van der Waals surface area contributed by atoms with Gasteiger partial charge in [0.2, 0.25) is 0 Å². The highest BCUT2D eigenvalue weighted by molar-refractivity contribution is 5.85. The molecule has 0 bridgehead atoms. The highest BCUT2D eigenvalue weighted by Gasteiger charge is 2.28. The van der Waals surface area contributed by atoms with Gasteiger partial charge < -0.3 is 10.1 Å². The van der Waals surface area contributed by atoms with E-state index in [0.29, 0.717) is 6.42 Å². The van der Waals surface area contributed by atoms with Crippen LogP contribution in [-0.4, -0.2) is 17.6 Å². The Kier molecular flexibility index (Phi) is 4.77. The second kappa shape index (κ2) is 5.72. The molecule has 1 N–H and O–H groups in total. The maximum atomic E-state index is 11.9. The Morgan fingerprint density at radius 3 is 2.50 bits per heavy atom. The molecule has 0 fully saturated rings. The van der Waals surface area contributed by atoms with Crippen LogP contribution in [0.15, 0.2) is 24.3 Å². The first-order valence-corrected chi connectivity index (χ1v) is 5.99. The lowest BCUT2D eigenvalue weighted by molar-refractivity contribution is -0.157. The van der Waals surface area contributed by atoms with Crippen molar-refractivity contribution in [1.82, 2.24) is 5.32 Å². The van der Waals surface area contributed by atoms with Crippen LogP contribution in [0.3, 0.4) is 0 Å². The standard InChI is InChI=1S/C14H19NO2.ClH/c1-14(2,3)17-13(16)12-8-10-6-4-5-7-11(10)9-15-12;/h4-7,12,15H,8-9H2,1-3H3;1H/t12-;/m0./s1. The average molecular weight is 270 g/mol. The molecule has 1 heterocycles. The van der Waals surface area contributed by atoms with Crippen LogP contribution >= 0.6 is 12.4 Å². The third-order valence-electron chi connectivity index (χ3n) is 2.77. The number of hydrogen-bond donors (Lipinski definition) is 1. The Bertz CT molecular complexity index is 426. The van der Waals surface area contributed by atoms with E-state index in [4.69, 9.17) is 4.74 Å². The Hall–Kier alpha value is -1.06. The Labute approximate surface area is 114 Å². The van der Waals surface area contributed by atoms with Crippen LogP contribution in [0.1, 0.15) is 31.9 Å². The van der Waals surface area contributed by atoms with Gasteiger partial charge >= 0.3 is 5.97 Å². The second-order valence-electron chi connectivity index (χ2n) is 5.44. The quantitative estimate of drug-likeness (QED) is 0.796. The van der Waals surface area contributed by atoms with Crippen molar-refractivity contribution in [2.24, 2.45) is 0 Å². The Morgan fingerprint density at radius 2 is 1.89 bits per heavy atom. The summed E-state index contributed by atoms with van der Waals surface area (Å²) in [5, 5.41) is 3.22. The molecular weight excluding hydrogens is 250 g/mol. The summed E-state index contributed by atoms with van der Waals surface area (Å²) in [4.78, 5) is 11.9. The molecule has 1 aromatic rings. The molecule has 0 aliphatic carbocycles. The smallest absolute Gasteiger partial charge is 0.324 e. The average Bonchev–Trinajstić information content (AvgIpc) is 2.26. The summed E-state index contributed by atoms with van der Waals surface area (Å²) in [7, 11) is 0. The summed E-state index contributed by atoms with van der Waals surface area (Å²) < 4.78 is 5.39. The Morgan fingerprint density at radius 1 is 1.28 bits per heavy atom. The van der Waals surface area contributed by atoms with E-state index in [-0.39, 0.29) is 24.4 Å². The zero-order valence-electron chi connectivity index (χ0n) is 11.0. The Balaban J connectivity index is 0.00000162. The van der Waals surface area contributed by atoms with Crippen molar-refractivity contribution in [1.29, 1.82) is 0 Å². The number of halogens is 1. The third kappa shape index (κ3) is 3.72. The van der Waals surface area contributed by atoms with Crippen molar-refractivity contribution in [3.05, 3.63) is 35.4 Å². The summed E-state index contributed by atoms with van der Waals surface area (Å²) in [6.45, 7) is 6.41. The van der Waals surface area contributed by atoms with Crippen molar-refractivity contribution in [3.8, 4) is 0 Å². The van der Waals surface area contributed by atoms with Crippen LogP contribution in [0, 0.1) is 0 Å². The van der Waals surface area contributed by atoms with Crippen LogP contribution in [0.2, 0.25) is 0 Å². The van der Waals surface area contributed by atoms with E-state index >= 15 is 0 Å². The third-order valence-corrected chi connectivity index (χ3v) is 2.77. The molecule has 1 aromatic carbocycles. The van der Waals surface area contributed by atoms with Gasteiger partial charge in [-0.25, -0.2) is 0 Å². The molecule has 3 nitrogen and oxygen atoms in total. The van der Waals surface area contributed by atoms with E-state index in [2.05, 4.69) is 17.4 Å². The minimum atomic E-state index is -0.421. The van der Waals surface area contributed by atoms with Crippen molar-refractivity contribution >= 4 is 18.4 Å². The molecule has 0 amide bonds. The zero-order valence-corrected chi connectivity index (χ0v) is 11.8. The number of benzene rings is 1. The van der Waals surface area contributed by atoms with E-state index in [1.807, 2.05) is 32.9 Å². The van der Waals surface area contributed by atoms with Gasteiger partial charge in [0.25, 0.3) is 0 Å². The normalized spacial score (nSPS) is 18.5. The van der Waals surface area contributed by atoms with Crippen LogP contribution in [0.4, 0.5) is 0 Å². The van der Waals surface area contributed by atoms with Gasteiger partial charge in [0, 0.05) is 6.54 Å². The highest BCUT2D eigenvalue weighted by Crippen LogP contribution is 2.18. The lowest BCUT2D eigenvalue weighted by atomic mass is 9.96. The SMILES string of the molecule is CC(C)(C)OC(=O)[C@@H]1Cc2ccccc2CN1.Cl. The first-order valence-electron chi connectivity index (χ1n) is 5.99. The maximum absolute atomic E-state index is 11.9. The molecule has 0 radical (unpaired) electrons. The van der Waals surface area contributed by atoms with Gasteiger partial charge in [-0.2, -0.15) is 0 Å². The molecular formula is C14H20ClNO2. The molecule has 1 aliphatic rings. The van der Waals surface area contributed by atoms with E-state index in [0.717, 1.165) is 6.54 Å². The van der Waals surface area contributed by atoms with Gasteiger partial charge in [0.05, 0.1) is 0 Å². The van der Waals surface area contributed by atoms with Crippen LogP contribution in [0.5, 0.6) is 0 Å². The number of nitrogens with one attached hydrogen (secondary N) is 1. The van der Waals surface area contributed by atoms with Crippen LogP contribution < -0.4 is 5.32 Å². The lowest BCUT2D eigenvalue weighted by Gasteiger charge is -2.28. The van der Waals surface area contributed by atoms with Crippen molar-refractivity contribution in [3.63, 3.8) is 0 Å². The minimum absolute atomic E-state index is 0. The van der Waals surface area contributed by atoms with E-state index in [1.54, 1.807) is 0 Å². The highest BCUT2D eigenvalue weighted by atomic mass is 35.5. The number of carbonyl (C=O) groups excluding carboxylic acids is 1. The fourth-order valence-electron chi connectivity index (χ4n) is 1.99. The number of carbonyl (C=O) groups is 1. The number of esters is 1. The molecule has 1 aliphatic heterocycles. The van der Waals surface area contributed by atoms with E-state index in [1.165, 1.54) is 11.1 Å². The molecule has 0 unspecified atom stereocenters. The molecule has 0 saturated heterocycles. The van der Waals surface area contributed by atoms with Gasteiger partial charge in [-0.05, 0) is 38.3 Å². The maximum Gasteiger partial charge on any atom is 0.324 e. The first-order chi connectivity index (χ1) is 7.96. The molecule has 0 aromatic heterocycles. The number of ether oxygens (including phenoxy) is 1. The molecule has 4 heteroatoms. The molecule has 0 spiro atoms. The molecule has 18 heavy (non-hydrogen) atoms. The molecule has 2 rings (SSSR count). The molecule has 1 atom stereocenters. The van der Waals surface area contributed by atoms with E-state index in [9.17, 15) is 4.79 Å². The number of rotatable bonds is 1. The first kappa shape index (κ1) is 15.0. The fourth-order valence-corrected chi connectivity index (χ4v) is 1.99. The van der Waals surface area contributed by atoms with Gasteiger partial charge in [0.1, 0.15) is 11.6 Å². The van der Waals surface area contributed by atoms with E-state index < -0.39 is 5.60 Å². The summed E-state index contributed by atoms with van der Waals surface area (Å²) in [6, 6.07) is 7.98. The second-order valence-corrected chi connectivity index (χ2v) is 5.44. The minimum Gasteiger partial charge on any atom is -0.459 e. The summed E-state index contributed by atoms with van der Waals surface area (Å²) in [5.41, 5.74) is 2.09. The predicted octanol–water partition coefficient (Wildman–Crippen LogP) is 2.46. The molecule has 0 saturated carbocycles. The van der Waals surface area contributed by atoms with Crippen LogP contribution in [0.25, 0.3) is 0 Å². The lowest BCUT2D eigenvalue weighted by Crippen LogP contribution is -2.45. The number of fused-ring (bicyclic) bond motifs is 1. The summed E-state index contributed by atoms with van der Waals surface area (Å²) >= 11 is 0. The van der Waals surface area contributed by atoms with Gasteiger partial charge in [-0.3, -0.25) is 4.79 Å². The zero-order chi connectivity index (χ0) is 12.5. The van der Waals surface area contributed by atoms with Crippen molar-refractivity contribution in [2.75, 3.05) is 0 Å².